The largest absolute Gasteiger partial charge is 0.301 e. The molecule has 2 aromatic heterocycles. The summed E-state index contributed by atoms with van der Waals surface area (Å²) in [4.78, 5) is 22.4. The molecule has 38 heavy (non-hydrogen) atoms. The summed E-state index contributed by atoms with van der Waals surface area (Å²) in [5.41, 5.74) is 5.36. The van der Waals surface area contributed by atoms with Gasteiger partial charge >= 0.3 is 0 Å². The SMILES string of the molecule is CC(C)(C(=O)Nc1nc(Cc2ccc(-c3ccncc3)cc2)cs1)C(c1ccccc1)c1ccc(F)cc1. The zero-order valence-corrected chi connectivity index (χ0v) is 22.1. The van der Waals surface area contributed by atoms with Crippen LogP contribution in [0, 0.1) is 11.2 Å². The fraction of sp³-hybridized carbons (Fsp3) is 0.156. The van der Waals surface area contributed by atoms with Crippen LogP contribution in [0.1, 0.15) is 42.1 Å². The molecule has 0 saturated heterocycles. The molecule has 3 aromatic carbocycles. The Bertz CT molecular complexity index is 1500. The summed E-state index contributed by atoms with van der Waals surface area (Å²) in [7, 11) is 0. The number of halogens is 1. The predicted molar refractivity (Wildman–Crippen MR) is 152 cm³/mol. The standard InChI is InChI=1S/C32H28FN3OS/c1-32(2,29(25-6-4-3-5-7-25)26-12-14-27(33)15-13-26)30(37)36-31-35-28(21-38-31)20-22-8-10-23(11-9-22)24-16-18-34-19-17-24/h3-19,21,29H,20H2,1-2H3,(H,35,36,37). The number of hydrogen-bond donors (Lipinski definition) is 1. The molecule has 0 saturated carbocycles. The predicted octanol–water partition coefficient (Wildman–Crippen LogP) is 7.73. The van der Waals surface area contributed by atoms with E-state index in [1.54, 1.807) is 24.5 Å². The summed E-state index contributed by atoms with van der Waals surface area (Å²) >= 11 is 1.42. The minimum Gasteiger partial charge on any atom is -0.301 e. The van der Waals surface area contributed by atoms with E-state index in [9.17, 15) is 9.18 Å². The number of hydrogen-bond acceptors (Lipinski definition) is 4. The maximum Gasteiger partial charge on any atom is 0.232 e. The van der Waals surface area contributed by atoms with Crippen molar-refractivity contribution >= 4 is 22.4 Å². The summed E-state index contributed by atoms with van der Waals surface area (Å²) in [6.45, 7) is 3.84. The van der Waals surface area contributed by atoms with E-state index < -0.39 is 5.41 Å². The van der Waals surface area contributed by atoms with Crippen LogP contribution in [0.5, 0.6) is 0 Å². The lowest BCUT2D eigenvalue weighted by molar-refractivity contribution is -0.124. The number of thiazole rings is 1. The van der Waals surface area contributed by atoms with Gasteiger partial charge in [-0.25, -0.2) is 9.37 Å². The van der Waals surface area contributed by atoms with Gasteiger partial charge in [0.2, 0.25) is 5.91 Å². The van der Waals surface area contributed by atoms with Crippen molar-refractivity contribution in [1.82, 2.24) is 9.97 Å². The molecule has 0 bridgehead atoms. The highest BCUT2D eigenvalue weighted by molar-refractivity contribution is 7.13. The van der Waals surface area contributed by atoms with Gasteiger partial charge in [0, 0.05) is 30.1 Å². The average Bonchev–Trinajstić information content (AvgIpc) is 3.38. The normalized spacial score (nSPS) is 12.2. The molecule has 0 aliphatic carbocycles. The minimum atomic E-state index is -0.826. The third-order valence-electron chi connectivity index (χ3n) is 6.77. The highest BCUT2D eigenvalue weighted by atomic mass is 32.1. The highest BCUT2D eigenvalue weighted by Crippen LogP contribution is 2.42. The summed E-state index contributed by atoms with van der Waals surface area (Å²) < 4.78 is 13.7. The molecule has 5 aromatic rings. The first kappa shape index (κ1) is 25.5. The van der Waals surface area contributed by atoms with Gasteiger partial charge in [-0.2, -0.15) is 0 Å². The summed E-state index contributed by atoms with van der Waals surface area (Å²) in [5, 5.41) is 5.59. The number of nitrogens with one attached hydrogen (secondary N) is 1. The summed E-state index contributed by atoms with van der Waals surface area (Å²) in [6, 6.07) is 28.6. The second kappa shape index (κ2) is 11.1. The van der Waals surface area contributed by atoms with Crippen molar-refractivity contribution in [3.05, 3.63) is 137 Å². The van der Waals surface area contributed by atoms with Gasteiger partial charge in [0.05, 0.1) is 11.1 Å². The van der Waals surface area contributed by atoms with Crippen molar-refractivity contribution in [1.29, 1.82) is 0 Å². The van der Waals surface area contributed by atoms with Crippen molar-refractivity contribution in [3.63, 3.8) is 0 Å². The lowest BCUT2D eigenvalue weighted by Crippen LogP contribution is -2.37. The van der Waals surface area contributed by atoms with Crippen molar-refractivity contribution in [2.45, 2.75) is 26.2 Å². The van der Waals surface area contributed by atoms with Crippen LogP contribution in [0.3, 0.4) is 0 Å². The number of rotatable bonds is 8. The fourth-order valence-electron chi connectivity index (χ4n) is 4.73. The number of carbonyl (C=O) groups excluding carboxylic acids is 1. The van der Waals surface area contributed by atoms with Crippen LogP contribution in [0.15, 0.2) is 109 Å². The molecule has 1 N–H and O–H groups in total. The number of aromatic nitrogens is 2. The fourth-order valence-corrected chi connectivity index (χ4v) is 5.44. The molecule has 0 aliphatic rings. The first-order valence-electron chi connectivity index (χ1n) is 12.5. The molecule has 4 nitrogen and oxygen atoms in total. The summed E-state index contributed by atoms with van der Waals surface area (Å²) in [6.07, 6.45) is 4.25. The Kier molecular flexibility index (Phi) is 7.43. The monoisotopic (exact) mass is 521 g/mol. The molecular weight excluding hydrogens is 493 g/mol. The first-order valence-corrected chi connectivity index (χ1v) is 13.3. The first-order chi connectivity index (χ1) is 18.4. The quantitative estimate of drug-likeness (QED) is 0.227. The van der Waals surface area contributed by atoms with Crippen LogP contribution in [0.25, 0.3) is 11.1 Å². The lowest BCUT2D eigenvalue weighted by atomic mass is 9.70. The number of benzene rings is 3. The molecule has 1 amide bonds. The van der Waals surface area contributed by atoms with Crippen molar-refractivity contribution < 1.29 is 9.18 Å². The lowest BCUT2D eigenvalue weighted by Gasteiger charge is -2.33. The van der Waals surface area contributed by atoms with Crippen molar-refractivity contribution in [3.8, 4) is 11.1 Å². The molecule has 1 unspecified atom stereocenters. The second-order valence-corrected chi connectivity index (χ2v) is 10.7. The van der Waals surface area contributed by atoms with E-state index in [0.717, 1.165) is 33.5 Å². The van der Waals surface area contributed by atoms with E-state index in [0.29, 0.717) is 11.6 Å². The van der Waals surface area contributed by atoms with Gasteiger partial charge in [0.15, 0.2) is 5.13 Å². The molecule has 2 heterocycles. The van der Waals surface area contributed by atoms with Crippen molar-refractivity contribution in [2.24, 2.45) is 5.41 Å². The van der Waals surface area contributed by atoms with Crippen LogP contribution >= 0.6 is 11.3 Å². The van der Waals surface area contributed by atoms with E-state index in [4.69, 9.17) is 0 Å². The van der Waals surface area contributed by atoms with E-state index in [1.165, 1.54) is 23.5 Å². The molecule has 0 radical (unpaired) electrons. The zero-order valence-electron chi connectivity index (χ0n) is 21.3. The van der Waals surface area contributed by atoms with Gasteiger partial charge in [-0.1, -0.05) is 80.6 Å². The third kappa shape index (κ3) is 5.71. The minimum absolute atomic E-state index is 0.140. The average molecular weight is 522 g/mol. The molecule has 0 fully saturated rings. The summed E-state index contributed by atoms with van der Waals surface area (Å²) in [5.74, 6) is -0.703. The zero-order chi connectivity index (χ0) is 26.5. The van der Waals surface area contributed by atoms with E-state index in [1.807, 2.05) is 61.7 Å². The second-order valence-electron chi connectivity index (χ2n) is 9.82. The molecule has 1 atom stereocenters. The van der Waals surface area contributed by atoms with Crippen molar-refractivity contribution in [2.75, 3.05) is 5.32 Å². The third-order valence-corrected chi connectivity index (χ3v) is 7.57. The Hall–Kier alpha value is -4.16. The van der Waals surface area contributed by atoms with Crippen LogP contribution in [0.2, 0.25) is 0 Å². The van der Waals surface area contributed by atoms with E-state index in [-0.39, 0.29) is 17.6 Å². The van der Waals surface area contributed by atoms with E-state index >= 15 is 0 Å². The van der Waals surface area contributed by atoms with Crippen LogP contribution in [0.4, 0.5) is 9.52 Å². The molecule has 5 rings (SSSR count). The van der Waals surface area contributed by atoms with Crippen LogP contribution in [-0.4, -0.2) is 15.9 Å². The Morgan fingerprint density at radius 2 is 1.50 bits per heavy atom. The Morgan fingerprint density at radius 1 is 0.868 bits per heavy atom. The highest BCUT2D eigenvalue weighted by Gasteiger charge is 2.39. The van der Waals surface area contributed by atoms with Gasteiger partial charge in [-0.15, -0.1) is 11.3 Å². The van der Waals surface area contributed by atoms with Gasteiger partial charge in [-0.05, 0) is 52.1 Å². The molecule has 0 aliphatic heterocycles. The Morgan fingerprint density at radius 3 is 2.18 bits per heavy atom. The van der Waals surface area contributed by atoms with Gasteiger partial charge in [0.25, 0.3) is 0 Å². The van der Waals surface area contributed by atoms with Gasteiger partial charge < -0.3 is 5.32 Å². The van der Waals surface area contributed by atoms with E-state index in [2.05, 4.69) is 39.6 Å². The molecular formula is C32H28FN3OS. The molecule has 190 valence electrons. The maximum atomic E-state index is 13.7. The number of anilines is 1. The van der Waals surface area contributed by atoms with Crippen LogP contribution in [-0.2, 0) is 11.2 Å². The number of pyridine rings is 1. The number of amides is 1. The molecule has 0 spiro atoms. The Balaban J connectivity index is 1.31. The van der Waals surface area contributed by atoms with Gasteiger partial charge in [0.1, 0.15) is 5.82 Å². The maximum absolute atomic E-state index is 13.7. The van der Waals surface area contributed by atoms with Gasteiger partial charge in [-0.3, -0.25) is 9.78 Å². The smallest absolute Gasteiger partial charge is 0.232 e. The van der Waals surface area contributed by atoms with Crippen LogP contribution < -0.4 is 5.32 Å². The molecule has 6 heteroatoms. The number of carbonyl (C=O) groups is 1. The number of nitrogens with zero attached hydrogens (tertiary/aromatic N) is 2. The topological polar surface area (TPSA) is 54.9 Å². The Labute approximate surface area is 226 Å².